The highest BCUT2D eigenvalue weighted by molar-refractivity contribution is 7.90. The van der Waals surface area contributed by atoms with Gasteiger partial charge in [-0.05, 0) is 67.7 Å². The summed E-state index contributed by atoms with van der Waals surface area (Å²) in [5, 5.41) is 6.80. The first-order valence-corrected chi connectivity index (χ1v) is 15.6. The molecule has 2 amide bonds. The largest absolute Gasteiger partial charge is 0.486 e. The molecular weight excluding hydrogens is 619 g/mol. The summed E-state index contributed by atoms with van der Waals surface area (Å²) in [4.78, 5) is 33.6. The normalized spacial score (nSPS) is 15.8. The van der Waals surface area contributed by atoms with Gasteiger partial charge in [-0.2, -0.15) is 8.42 Å². The molecule has 5 aromatic rings. The lowest BCUT2D eigenvalue weighted by Gasteiger charge is -2.21. The maximum Gasteiger partial charge on any atom is 0.289 e. The number of hydrogen-bond acceptors (Lipinski definition) is 8. The van der Waals surface area contributed by atoms with Crippen LogP contribution in [0.15, 0.2) is 91.0 Å². The second-order valence-electron chi connectivity index (χ2n) is 10.5. The number of nitrogens with zero attached hydrogens (tertiary/aromatic N) is 6. The monoisotopic (exact) mass is 645 g/mol. The number of aromatic nitrogens is 3. The number of carbonyl (C=O) groups is 2. The number of thiocarbonyl (C=S) groups is 1. The maximum absolute atomic E-state index is 13.2. The van der Waals surface area contributed by atoms with Crippen LogP contribution in [0.3, 0.4) is 0 Å². The van der Waals surface area contributed by atoms with Crippen LogP contribution in [0.2, 0.25) is 0 Å². The molecule has 1 unspecified atom stereocenters. The number of likely N-dealkylation sites (N-methyl/N-ethyl adjacent to an activating group) is 1. The molecule has 3 aromatic carbocycles. The molecule has 0 radical (unpaired) electrons. The van der Waals surface area contributed by atoms with E-state index >= 15 is 0 Å². The summed E-state index contributed by atoms with van der Waals surface area (Å²) in [6.45, 7) is 1.75. The minimum atomic E-state index is -4.13. The van der Waals surface area contributed by atoms with Crippen molar-refractivity contribution in [2.75, 3.05) is 12.4 Å². The van der Waals surface area contributed by atoms with Crippen molar-refractivity contribution in [3.63, 3.8) is 0 Å². The lowest BCUT2D eigenvalue weighted by molar-refractivity contribution is -0.752. The van der Waals surface area contributed by atoms with E-state index < -0.39 is 22.0 Å². The maximum atomic E-state index is 13.2. The highest BCUT2D eigenvalue weighted by Gasteiger charge is 2.43. The molecule has 2 aromatic heterocycles. The Kier molecular flexibility index (Phi) is 7.80. The molecule has 0 spiro atoms. The Balaban J connectivity index is 1.19. The van der Waals surface area contributed by atoms with Gasteiger partial charge in [0.1, 0.15) is 25.2 Å². The number of sulfonamides is 1. The van der Waals surface area contributed by atoms with Crippen LogP contribution in [0.4, 0.5) is 5.69 Å². The van der Waals surface area contributed by atoms with Crippen molar-refractivity contribution in [1.29, 1.82) is 0 Å². The van der Waals surface area contributed by atoms with Crippen molar-refractivity contribution in [2.45, 2.75) is 30.8 Å². The van der Waals surface area contributed by atoms with E-state index in [1.54, 1.807) is 43.4 Å². The molecule has 230 valence electrons. The van der Waals surface area contributed by atoms with E-state index in [-0.39, 0.29) is 40.1 Å². The number of amides is 2. The number of rotatable bonds is 8. The van der Waals surface area contributed by atoms with E-state index in [2.05, 4.69) is 20.0 Å². The van der Waals surface area contributed by atoms with Crippen LogP contribution in [0.5, 0.6) is 0 Å². The SMILES string of the molecule is Cc1ccc(S(=O)(=O)/N=c2\o[n-][n+](C)c2CN2C(=S)N(C)C(=O)C2CC(=O)Nc2ccc(-c3nc4ccccc4o3)cc2)cc1. The first kappa shape index (κ1) is 29.9. The van der Waals surface area contributed by atoms with Crippen molar-refractivity contribution < 1.29 is 31.6 Å². The Bertz CT molecular complexity index is 2080. The van der Waals surface area contributed by atoms with E-state index in [0.29, 0.717) is 17.2 Å². The zero-order chi connectivity index (χ0) is 31.9. The van der Waals surface area contributed by atoms with Gasteiger partial charge in [0.15, 0.2) is 10.7 Å². The quantitative estimate of drug-likeness (QED) is 0.196. The van der Waals surface area contributed by atoms with Crippen LogP contribution < -0.4 is 20.8 Å². The van der Waals surface area contributed by atoms with Crippen molar-refractivity contribution in [3.8, 4) is 11.5 Å². The highest BCUT2D eigenvalue weighted by atomic mass is 32.2. The van der Waals surface area contributed by atoms with Crippen LogP contribution in [-0.2, 0) is 33.2 Å². The lowest BCUT2D eigenvalue weighted by atomic mass is 10.1. The fraction of sp³-hybridized carbons (Fsp3) is 0.200. The second kappa shape index (κ2) is 11.7. The Labute approximate surface area is 262 Å². The minimum Gasteiger partial charge on any atom is -0.486 e. The summed E-state index contributed by atoms with van der Waals surface area (Å²) in [6.07, 6.45) is -0.223. The molecule has 3 heterocycles. The van der Waals surface area contributed by atoms with E-state index in [1.165, 1.54) is 33.7 Å². The number of nitrogens with one attached hydrogen (secondary N) is 1. The molecule has 1 atom stereocenters. The predicted octanol–water partition coefficient (Wildman–Crippen LogP) is 2.42. The molecule has 15 heteroatoms. The molecule has 1 fully saturated rings. The van der Waals surface area contributed by atoms with E-state index in [4.69, 9.17) is 21.2 Å². The van der Waals surface area contributed by atoms with Crippen LogP contribution >= 0.6 is 12.2 Å². The minimum absolute atomic E-state index is 0.0128. The van der Waals surface area contributed by atoms with Gasteiger partial charge in [0, 0.05) is 18.3 Å². The number of para-hydroxylation sites is 2. The third kappa shape index (κ3) is 5.99. The molecule has 0 saturated carbocycles. The molecule has 0 aliphatic carbocycles. The Morgan fingerprint density at radius 1 is 1.11 bits per heavy atom. The van der Waals surface area contributed by atoms with E-state index in [9.17, 15) is 18.0 Å². The Morgan fingerprint density at radius 3 is 2.53 bits per heavy atom. The number of anilines is 1. The summed E-state index contributed by atoms with van der Waals surface area (Å²) < 4.78 is 42.2. The molecule has 1 N–H and O–H groups in total. The topological polar surface area (TPSA) is 156 Å². The van der Waals surface area contributed by atoms with Crippen LogP contribution in [-0.4, -0.2) is 53.2 Å². The lowest BCUT2D eigenvalue weighted by Crippen LogP contribution is -2.45. The van der Waals surface area contributed by atoms with Gasteiger partial charge in [-0.3, -0.25) is 19.8 Å². The van der Waals surface area contributed by atoms with Gasteiger partial charge in [0.05, 0.1) is 11.3 Å². The van der Waals surface area contributed by atoms with Crippen molar-refractivity contribution >= 4 is 56.0 Å². The number of hydrogen-bond donors (Lipinski definition) is 1. The summed E-state index contributed by atoms with van der Waals surface area (Å²) in [6, 6.07) is 19.7. The summed E-state index contributed by atoms with van der Waals surface area (Å²) in [5.74, 6) is -0.351. The standard InChI is InChI=1S/C30H27N7O6S2/c1-18-8-14-21(15-9-18)45(40,41)33-28-24(36(3)34-43-28)17-37-23(29(39)35(2)30(37)44)16-26(38)31-20-12-10-19(11-13-20)27-32-22-6-4-5-7-25(22)42-27/h4-15,23H,16-17H2,1-3H3,(H,31,38)/b33-28-. The molecule has 1 aliphatic rings. The number of benzene rings is 3. The predicted molar refractivity (Wildman–Crippen MR) is 165 cm³/mol. The number of oxazole rings is 1. The number of fused-ring (bicyclic) bond motifs is 1. The fourth-order valence-electron chi connectivity index (χ4n) is 4.84. The van der Waals surface area contributed by atoms with Gasteiger partial charge < -0.3 is 19.2 Å². The molecule has 45 heavy (non-hydrogen) atoms. The summed E-state index contributed by atoms with van der Waals surface area (Å²) in [5.41, 5.74) is 3.55. The average molecular weight is 646 g/mol. The molecule has 13 nitrogen and oxygen atoms in total. The van der Waals surface area contributed by atoms with Gasteiger partial charge in [-0.15, -0.1) is 4.40 Å². The van der Waals surface area contributed by atoms with Crippen molar-refractivity contribution in [3.05, 3.63) is 89.6 Å². The van der Waals surface area contributed by atoms with Crippen LogP contribution in [0.25, 0.3) is 22.6 Å². The molecule has 1 aliphatic heterocycles. The summed E-state index contributed by atoms with van der Waals surface area (Å²) in [7, 11) is -1.06. The Hall–Kier alpha value is -5.15. The molecule has 6 rings (SSSR count). The van der Waals surface area contributed by atoms with Crippen molar-refractivity contribution in [1.82, 2.24) is 20.1 Å². The fourth-order valence-corrected chi connectivity index (χ4v) is 6.07. The summed E-state index contributed by atoms with van der Waals surface area (Å²) >= 11 is 5.52. The number of aryl methyl sites for hydroxylation is 2. The third-order valence-corrected chi connectivity index (χ3v) is 9.12. The average Bonchev–Trinajstić information content (AvgIpc) is 3.66. The smallest absolute Gasteiger partial charge is 0.289 e. The third-order valence-electron chi connectivity index (χ3n) is 7.34. The van der Waals surface area contributed by atoms with E-state index in [0.717, 1.165) is 16.6 Å². The van der Waals surface area contributed by atoms with Gasteiger partial charge in [-0.1, -0.05) is 29.8 Å². The first-order valence-electron chi connectivity index (χ1n) is 13.7. The van der Waals surface area contributed by atoms with Crippen LogP contribution in [0, 0.1) is 6.92 Å². The number of carbonyl (C=O) groups excluding carboxylic acids is 2. The van der Waals surface area contributed by atoms with Gasteiger partial charge in [0.2, 0.25) is 11.8 Å². The van der Waals surface area contributed by atoms with Gasteiger partial charge in [0.25, 0.3) is 27.2 Å². The van der Waals surface area contributed by atoms with Crippen LogP contribution in [0.1, 0.15) is 17.7 Å². The van der Waals surface area contributed by atoms with E-state index in [1.807, 2.05) is 31.2 Å². The van der Waals surface area contributed by atoms with Gasteiger partial charge >= 0.3 is 0 Å². The zero-order valence-corrected chi connectivity index (χ0v) is 26.0. The Morgan fingerprint density at radius 2 is 1.82 bits per heavy atom. The molecular formula is C30H27N7O6S2. The van der Waals surface area contributed by atoms with Crippen molar-refractivity contribution in [2.24, 2.45) is 11.4 Å². The molecule has 1 saturated heterocycles. The molecule has 0 bridgehead atoms. The second-order valence-corrected chi connectivity index (χ2v) is 12.4. The highest BCUT2D eigenvalue weighted by Crippen LogP contribution is 2.26. The zero-order valence-electron chi connectivity index (χ0n) is 24.4. The first-order chi connectivity index (χ1) is 21.5. The van der Waals surface area contributed by atoms with Gasteiger partial charge in [-0.25, -0.2) is 9.67 Å².